The SMILES string of the molecule is CC(=O)Nc1ccc(C(=O)NCCNC(=O)C2CCN(c3ccc(-c4ccco4)nn3)CC2)cc1. The molecule has 0 saturated carbocycles. The predicted octanol–water partition coefficient (Wildman–Crippen LogP) is 2.46. The van der Waals surface area contributed by atoms with Gasteiger partial charge < -0.3 is 25.3 Å². The predicted molar refractivity (Wildman–Crippen MR) is 131 cm³/mol. The summed E-state index contributed by atoms with van der Waals surface area (Å²) in [6.07, 6.45) is 3.05. The summed E-state index contributed by atoms with van der Waals surface area (Å²) in [6, 6.07) is 14.1. The van der Waals surface area contributed by atoms with Crippen LogP contribution in [0.25, 0.3) is 11.5 Å². The van der Waals surface area contributed by atoms with Crippen LogP contribution in [0.5, 0.6) is 0 Å². The number of anilines is 2. The van der Waals surface area contributed by atoms with E-state index in [1.165, 1.54) is 6.92 Å². The minimum absolute atomic E-state index is 0.00203. The van der Waals surface area contributed by atoms with Crippen LogP contribution in [-0.2, 0) is 9.59 Å². The molecule has 3 aromatic rings. The third-order valence-corrected chi connectivity index (χ3v) is 5.79. The fraction of sp³-hybridized carbons (Fsp3) is 0.320. The third kappa shape index (κ3) is 6.44. The van der Waals surface area contributed by atoms with E-state index in [4.69, 9.17) is 4.42 Å². The summed E-state index contributed by atoms with van der Waals surface area (Å²) in [4.78, 5) is 38.0. The maximum atomic E-state index is 12.5. The van der Waals surface area contributed by atoms with E-state index in [-0.39, 0.29) is 23.6 Å². The summed E-state index contributed by atoms with van der Waals surface area (Å²) in [5.74, 6) is 0.983. The summed E-state index contributed by atoms with van der Waals surface area (Å²) in [7, 11) is 0. The van der Waals surface area contributed by atoms with E-state index in [0.717, 1.165) is 31.7 Å². The highest BCUT2D eigenvalue weighted by molar-refractivity contribution is 5.95. The Hall–Kier alpha value is -4.21. The molecular weight excluding hydrogens is 448 g/mol. The molecule has 3 N–H and O–H groups in total. The summed E-state index contributed by atoms with van der Waals surface area (Å²) < 4.78 is 5.34. The molecule has 0 unspecified atom stereocenters. The minimum Gasteiger partial charge on any atom is -0.463 e. The normalized spacial score (nSPS) is 13.8. The molecule has 3 heterocycles. The van der Waals surface area contributed by atoms with Gasteiger partial charge in [-0.25, -0.2) is 0 Å². The standard InChI is InChI=1S/C25H28N6O4/c1-17(32)28-20-6-4-18(5-7-20)24(33)26-12-13-27-25(34)19-10-14-31(15-11-19)23-9-8-21(29-30-23)22-3-2-16-35-22/h2-9,16,19H,10-15H2,1H3,(H,26,33)(H,27,34)(H,28,32). The molecule has 10 nitrogen and oxygen atoms in total. The second-order valence-electron chi connectivity index (χ2n) is 8.32. The number of carbonyl (C=O) groups is 3. The van der Waals surface area contributed by atoms with Gasteiger partial charge in [-0.15, -0.1) is 10.2 Å². The molecule has 0 aliphatic carbocycles. The van der Waals surface area contributed by atoms with Crippen molar-refractivity contribution >= 4 is 29.2 Å². The number of nitrogens with one attached hydrogen (secondary N) is 3. The second-order valence-corrected chi connectivity index (χ2v) is 8.32. The van der Waals surface area contributed by atoms with Gasteiger partial charge in [0.25, 0.3) is 5.91 Å². The monoisotopic (exact) mass is 476 g/mol. The fourth-order valence-electron chi connectivity index (χ4n) is 3.94. The van der Waals surface area contributed by atoms with Crippen molar-refractivity contribution < 1.29 is 18.8 Å². The summed E-state index contributed by atoms with van der Waals surface area (Å²) in [5, 5.41) is 16.9. The molecule has 0 bridgehead atoms. The van der Waals surface area contributed by atoms with Crippen LogP contribution in [0.15, 0.2) is 59.2 Å². The van der Waals surface area contributed by atoms with Gasteiger partial charge in [0.1, 0.15) is 5.69 Å². The molecule has 3 amide bonds. The van der Waals surface area contributed by atoms with Crippen molar-refractivity contribution in [3.63, 3.8) is 0 Å². The van der Waals surface area contributed by atoms with Crippen molar-refractivity contribution in [3.05, 3.63) is 60.4 Å². The van der Waals surface area contributed by atoms with Gasteiger partial charge in [-0.2, -0.15) is 0 Å². The molecule has 182 valence electrons. The number of nitrogens with zero attached hydrogens (tertiary/aromatic N) is 3. The van der Waals surface area contributed by atoms with Crippen LogP contribution in [0.1, 0.15) is 30.1 Å². The van der Waals surface area contributed by atoms with Crippen molar-refractivity contribution in [3.8, 4) is 11.5 Å². The molecule has 1 aliphatic heterocycles. The van der Waals surface area contributed by atoms with E-state index in [9.17, 15) is 14.4 Å². The first-order valence-electron chi connectivity index (χ1n) is 11.6. The summed E-state index contributed by atoms with van der Waals surface area (Å²) in [5.41, 5.74) is 1.80. The summed E-state index contributed by atoms with van der Waals surface area (Å²) >= 11 is 0. The lowest BCUT2D eigenvalue weighted by Crippen LogP contribution is -2.42. The zero-order valence-electron chi connectivity index (χ0n) is 19.5. The Morgan fingerprint density at radius 3 is 2.34 bits per heavy atom. The van der Waals surface area contributed by atoms with Crippen molar-refractivity contribution in [2.45, 2.75) is 19.8 Å². The Balaban J connectivity index is 1.15. The van der Waals surface area contributed by atoms with E-state index in [2.05, 4.69) is 31.0 Å². The third-order valence-electron chi connectivity index (χ3n) is 5.79. The van der Waals surface area contributed by atoms with Gasteiger partial charge in [0, 0.05) is 50.3 Å². The smallest absolute Gasteiger partial charge is 0.251 e. The number of carbonyl (C=O) groups excluding carboxylic acids is 3. The number of hydrogen-bond donors (Lipinski definition) is 3. The first-order valence-corrected chi connectivity index (χ1v) is 11.6. The lowest BCUT2D eigenvalue weighted by molar-refractivity contribution is -0.125. The molecular formula is C25H28N6O4. The number of benzene rings is 1. The topological polar surface area (TPSA) is 129 Å². The Morgan fingerprint density at radius 1 is 0.971 bits per heavy atom. The van der Waals surface area contributed by atoms with Gasteiger partial charge in [0.2, 0.25) is 11.8 Å². The first-order chi connectivity index (χ1) is 17.0. The Bertz CT molecular complexity index is 1140. The Morgan fingerprint density at radius 2 is 1.71 bits per heavy atom. The van der Waals surface area contributed by atoms with E-state index in [1.807, 2.05) is 24.3 Å². The molecule has 1 aliphatic rings. The number of furan rings is 1. The lowest BCUT2D eigenvalue weighted by atomic mass is 9.96. The second kappa shape index (κ2) is 11.3. The molecule has 1 fully saturated rings. The van der Waals surface area contributed by atoms with Crippen LogP contribution in [0.4, 0.5) is 11.5 Å². The average molecular weight is 477 g/mol. The van der Waals surface area contributed by atoms with Crippen molar-refractivity contribution in [2.75, 3.05) is 36.4 Å². The van der Waals surface area contributed by atoms with Crippen LogP contribution in [0, 0.1) is 5.92 Å². The summed E-state index contributed by atoms with van der Waals surface area (Å²) in [6.45, 7) is 3.55. The van der Waals surface area contributed by atoms with E-state index in [1.54, 1.807) is 30.5 Å². The lowest BCUT2D eigenvalue weighted by Gasteiger charge is -2.31. The van der Waals surface area contributed by atoms with Gasteiger partial charge in [0.05, 0.1) is 6.26 Å². The van der Waals surface area contributed by atoms with Crippen molar-refractivity contribution in [1.82, 2.24) is 20.8 Å². The molecule has 0 spiro atoms. The molecule has 10 heteroatoms. The van der Waals surface area contributed by atoms with Crippen LogP contribution in [-0.4, -0.2) is 54.1 Å². The number of amides is 3. The highest BCUT2D eigenvalue weighted by Gasteiger charge is 2.25. The van der Waals surface area contributed by atoms with E-state index in [0.29, 0.717) is 35.8 Å². The van der Waals surface area contributed by atoms with Crippen LogP contribution in [0.2, 0.25) is 0 Å². The van der Waals surface area contributed by atoms with Crippen LogP contribution < -0.4 is 20.9 Å². The molecule has 1 saturated heterocycles. The zero-order valence-corrected chi connectivity index (χ0v) is 19.5. The first kappa shape index (κ1) is 23.9. The molecule has 2 aromatic heterocycles. The number of rotatable bonds is 8. The van der Waals surface area contributed by atoms with Gasteiger partial charge in [-0.3, -0.25) is 14.4 Å². The van der Waals surface area contributed by atoms with Gasteiger partial charge in [-0.05, 0) is 61.4 Å². The van der Waals surface area contributed by atoms with Crippen molar-refractivity contribution in [2.24, 2.45) is 5.92 Å². The Labute approximate surface area is 203 Å². The molecule has 0 radical (unpaired) electrons. The van der Waals surface area contributed by atoms with Gasteiger partial charge in [-0.1, -0.05) is 0 Å². The van der Waals surface area contributed by atoms with Crippen LogP contribution in [0.3, 0.4) is 0 Å². The zero-order chi connectivity index (χ0) is 24.6. The molecule has 0 atom stereocenters. The minimum atomic E-state index is -0.235. The maximum absolute atomic E-state index is 12.5. The maximum Gasteiger partial charge on any atom is 0.251 e. The van der Waals surface area contributed by atoms with Crippen LogP contribution >= 0.6 is 0 Å². The van der Waals surface area contributed by atoms with E-state index < -0.39 is 0 Å². The van der Waals surface area contributed by atoms with E-state index >= 15 is 0 Å². The Kier molecular flexibility index (Phi) is 7.71. The fourth-order valence-corrected chi connectivity index (χ4v) is 3.94. The number of piperidine rings is 1. The highest BCUT2D eigenvalue weighted by Crippen LogP contribution is 2.23. The van der Waals surface area contributed by atoms with Crippen molar-refractivity contribution in [1.29, 1.82) is 0 Å². The molecule has 1 aromatic carbocycles. The van der Waals surface area contributed by atoms with Gasteiger partial charge in [0.15, 0.2) is 11.6 Å². The quantitative estimate of drug-likeness (QED) is 0.426. The largest absolute Gasteiger partial charge is 0.463 e. The van der Waals surface area contributed by atoms with Gasteiger partial charge >= 0.3 is 0 Å². The molecule has 4 rings (SSSR count). The highest BCUT2D eigenvalue weighted by atomic mass is 16.3. The number of hydrogen-bond acceptors (Lipinski definition) is 7. The molecule has 35 heavy (non-hydrogen) atoms. The average Bonchev–Trinajstić information content (AvgIpc) is 3.42. The number of aromatic nitrogens is 2.